The molecule has 1 aromatic rings. The molecule has 1 rings (SSSR count). The van der Waals surface area contributed by atoms with Crippen molar-refractivity contribution in [1.29, 1.82) is 0 Å². The molecule has 0 saturated heterocycles. The molecule has 0 aliphatic carbocycles. The van der Waals surface area contributed by atoms with E-state index in [0.717, 1.165) is 6.54 Å². The smallest absolute Gasteiger partial charge is 0.188 e. The van der Waals surface area contributed by atoms with E-state index in [0.29, 0.717) is 24.2 Å². The van der Waals surface area contributed by atoms with E-state index in [4.69, 9.17) is 11.6 Å². The fourth-order valence-electron chi connectivity index (χ4n) is 0.879. The number of halogens is 1. The second-order valence-electron chi connectivity index (χ2n) is 3.09. The van der Waals surface area contributed by atoms with Crippen LogP contribution in [0.15, 0.2) is 0 Å². The number of alkyl halides is 1. The molecule has 0 aliphatic heterocycles. The fourth-order valence-corrected chi connectivity index (χ4v) is 0.988. The number of nitrogens with one attached hydrogen (secondary N) is 1. The summed E-state index contributed by atoms with van der Waals surface area (Å²) in [5.74, 6) is 1.85. The molecule has 74 valence electrons. The van der Waals surface area contributed by atoms with Gasteiger partial charge in [0, 0.05) is 5.88 Å². The van der Waals surface area contributed by atoms with Gasteiger partial charge in [0.05, 0.1) is 13.6 Å². The van der Waals surface area contributed by atoms with Gasteiger partial charge in [0.1, 0.15) is 0 Å². The highest BCUT2D eigenvalue weighted by atomic mass is 35.5. The Balaban J connectivity index is 2.20. The Morgan fingerprint density at radius 3 is 2.92 bits per heavy atom. The normalized spacial score (nSPS) is 13.2. The average molecular weight is 204 g/mol. The molecule has 0 bridgehead atoms. The summed E-state index contributed by atoms with van der Waals surface area (Å²) < 4.78 is 0. The van der Waals surface area contributed by atoms with Gasteiger partial charge >= 0.3 is 0 Å². The standard InChI is InChI=1S/C7H14ClN5/c1-6(3-8)4-9-5-7-10-12-13(2)11-7/h6,9H,3-5H2,1-2H3. The van der Waals surface area contributed by atoms with E-state index in [1.807, 2.05) is 0 Å². The van der Waals surface area contributed by atoms with Crippen molar-refractivity contribution in [3.63, 3.8) is 0 Å². The van der Waals surface area contributed by atoms with Crippen molar-refractivity contribution in [3.05, 3.63) is 5.82 Å². The molecule has 0 amide bonds. The molecular formula is C7H14ClN5. The third-order valence-corrected chi connectivity index (χ3v) is 2.12. The van der Waals surface area contributed by atoms with Crippen LogP contribution < -0.4 is 5.32 Å². The maximum atomic E-state index is 5.65. The zero-order chi connectivity index (χ0) is 9.68. The number of aryl methyl sites for hydroxylation is 1. The summed E-state index contributed by atoms with van der Waals surface area (Å²) in [6, 6.07) is 0. The van der Waals surface area contributed by atoms with Gasteiger partial charge in [-0.3, -0.25) is 0 Å². The first kappa shape index (κ1) is 10.4. The van der Waals surface area contributed by atoms with E-state index in [1.165, 1.54) is 4.80 Å². The van der Waals surface area contributed by atoms with Crippen LogP contribution in [-0.4, -0.2) is 32.6 Å². The number of aromatic nitrogens is 4. The maximum absolute atomic E-state index is 5.65. The third-order valence-electron chi connectivity index (χ3n) is 1.59. The van der Waals surface area contributed by atoms with Crippen molar-refractivity contribution in [2.24, 2.45) is 13.0 Å². The Morgan fingerprint density at radius 1 is 1.62 bits per heavy atom. The molecule has 5 nitrogen and oxygen atoms in total. The van der Waals surface area contributed by atoms with Crippen molar-refractivity contribution in [3.8, 4) is 0 Å². The highest BCUT2D eigenvalue weighted by Crippen LogP contribution is 1.95. The van der Waals surface area contributed by atoms with Gasteiger partial charge in [-0.25, -0.2) is 0 Å². The SMILES string of the molecule is CC(CCl)CNCc1nnn(C)n1. The minimum atomic E-state index is 0.471. The average Bonchev–Trinajstić information content (AvgIpc) is 2.51. The van der Waals surface area contributed by atoms with Crippen LogP contribution in [0.25, 0.3) is 0 Å². The zero-order valence-electron chi connectivity index (χ0n) is 7.87. The molecule has 0 aromatic carbocycles. The van der Waals surface area contributed by atoms with Gasteiger partial charge in [0.25, 0.3) is 0 Å². The zero-order valence-corrected chi connectivity index (χ0v) is 8.62. The van der Waals surface area contributed by atoms with Gasteiger partial charge in [-0.05, 0) is 17.7 Å². The van der Waals surface area contributed by atoms with Crippen LogP contribution in [0.5, 0.6) is 0 Å². The molecule has 6 heteroatoms. The van der Waals surface area contributed by atoms with Crippen LogP contribution in [0, 0.1) is 5.92 Å². The third kappa shape index (κ3) is 3.69. The predicted molar refractivity (Wildman–Crippen MR) is 50.4 cm³/mol. The summed E-state index contributed by atoms with van der Waals surface area (Å²) in [4.78, 5) is 1.45. The monoisotopic (exact) mass is 203 g/mol. The van der Waals surface area contributed by atoms with Crippen LogP contribution in [-0.2, 0) is 13.6 Å². The number of tetrazole rings is 1. The Morgan fingerprint density at radius 2 is 2.38 bits per heavy atom. The van der Waals surface area contributed by atoms with Crippen LogP contribution >= 0.6 is 11.6 Å². The van der Waals surface area contributed by atoms with E-state index in [9.17, 15) is 0 Å². The summed E-state index contributed by atoms with van der Waals surface area (Å²) in [5.41, 5.74) is 0. The van der Waals surface area contributed by atoms with Gasteiger partial charge in [0.15, 0.2) is 5.82 Å². The Labute approximate surface area is 82.5 Å². The Kier molecular flexibility index (Phi) is 4.11. The topological polar surface area (TPSA) is 55.6 Å². The molecule has 0 aliphatic rings. The van der Waals surface area contributed by atoms with E-state index in [2.05, 4.69) is 27.7 Å². The number of hydrogen-bond acceptors (Lipinski definition) is 4. The number of rotatable bonds is 5. The fraction of sp³-hybridized carbons (Fsp3) is 0.857. The predicted octanol–water partition coefficient (Wildman–Crippen LogP) is 0.175. The summed E-state index contributed by atoms with van der Waals surface area (Å²) >= 11 is 5.65. The van der Waals surface area contributed by atoms with E-state index < -0.39 is 0 Å². The second-order valence-corrected chi connectivity index (χ2v) is 3.39. The summed E-state index contributed by atoms with van der Waals surface area (Å²) in [7, 11) is 1.75. The van der Waals surface area contributed by atoms with E-state index in [1.54, 1.807) is 7.05 Å². The van der Waals surface area contributed by atoms with Crippen molar-refractivity contribution >= 4 is 11.6 Å². The van der Waals surface area contributed by atoms with Gasteiger partial charge in [0.2, 0.25) is 0 Å². The Bertz CT molecular complexity index is 249. The number of hydrogen-bond donors (Lipinski definition) is 1. The molecular weight excluding hydrogens is 190 g/mol. The van der Waals surface area contributed by atoms with Crippen LogP contribution in [0.4, 0.5) is 0 Å². The molecule has 13 heavy (non-hydrogen) atoms. The van der Waals surface area contributed by atoms with Gasteiger partial charge in [-0.2, -0.15) is 4.80 Å². The lowest BCUT2D eigenvalue weighted by molar-refractivity contribution is 0.545. The van der Waals surface area contributed by atoms with Gasteiger partial charge in [-0.1, -0.05) is 6.92 Å². The van der Waals surface area contributed by atoms with Crippen LogP contribution in [0.1, 0.15) is 12.7 Å². The molecule has 1 aromatic heterocycles. The molecule has 1 atom stereocenters. The van der Waals surface area contributed by atoms with E-state index in [-0.39, 0.29) is 0 Å². The number of nitrogens with zero attached hydrogens (tertiary/aromatic N) is 4. The molecule has 0 fully saturated rings. The lowest BCUT2D eigenvalue weighted by atomic mass is 10.2. The molecule has 0 radical (unpaired) electrons. The van der Waals surface area contributed by atoms with Crippen LogP contribution in [0.2, 0.25) is 0 Å². The first-order valence-corrected chi connectivity index (χ1v) is 4.75. The minimum absolute atomic E-state index is 0.471. The maximum Gasteiger partial charge on any atom is 0.188 e. The van der Waals surface area contributed by atoms with Crippen molar-refractivity contribution in [2.45, 2.75) is 13.5 Å². The molecule has 0 spiro atoms. The highest BCUT2D eigenvalue weighted by molar-refractivity contribution is 6.18. The Hall–Kier alpha value is -0.680. The summed E-state index contributed by atoms with van der Waals surface area (Å²) in [6.45, 7) is 3.61. The molecule has 1 heterocycles. The van der Waals surface area contributed by atoms with Gasteiger partial charge in [-0.15, -0.1) is 21.8 Å². The summed E-state index contributed by atoms with van der Waals surface area (Å²) in [5, 5.41) is 14.8. The minimum Gasteiger partial charge on any atom is -0.309 e. The van der Waals surface area contributed by atoms with Crippen LogP contribution in [0.3, 0.4) is 0 Å². The van der Waals surface area contributed by atoms with E-state index >= 15 is 0 Å². The molecule has 1 N–H and O–H groups in total. The lowest BCUT2D eigenvalue weighted by Crippen LogP contribution is -2.22. The highest BCUT2D eigenvalue weighted by Gasteiger charge is 2.01. The largest absolute Gasteiger partial charge is 0.309 e. The lowest BCUT2D eigenvalue weighted by Gasteiger charge is -2.06. The summed E-state index contributed by atoms with van der Waals surface area (Å²) in [6.07, 6.45) is 0. The molecule has 1 unspecified atom stereocenters. The van der Waals surface area contributed by atoms with Gasteiger partial charge < -0.3 is 5.32 Å². The quantitative estimate of drug-likeness (QED) is 0.694. The first-order chi connectivity index (χ1) is 6.22. The van der Waals surface area contributed by atoms with Crippen molar-refractivity contribution in [1.82, 2.24) is 25.5 Å². The van der Waals surface area contributed by atoms with Crippen molar-refractivity contribution in [2.75, 3.05) is 12.4 Å². The van der Waals surface area contributed by atoms with Crippen molar-refractivity contribution < 1.29 is 0 Å². The molecule has 0 saturated carbocycles. The second kappa shape index (κ2) is 5.14. The first-order valence-electron chi connectivity index (χ1n) is 4.22.